The van der Waals surface area contributed by atoms with E-state index in [9.17, 15) is 0 Å². The van der Waals surface area contributed by atoms with Gasteiger partial charge in [0.1, 0.15) is 5.60 Å². The number of rotatable bonds is 6. The largest absolute Gasteiger partial charge is 0.355 e. The summed E-state index contributed by atoms with van der Waals surface area (Å²) < 4.78 is 7.08. The molecule has 0 saturated heterocycles. The minimum absolute atomic E-state index is 0.286. The third-order valence-electron chi connectivity index (χ3n) is 6.73. The van der Waals surface area contributed by atoms with Crippen LogP contribution >= 0.6 is 0 Å². The maximum Gasteiger partial charge on any atom is 0.144 e. The van der Waals surface area contributed by atoms with Crippen molar-refractivity contribution in [1.82, 2.24) is 0 Å². The molecule has 0 fully saturated rings. The molecule has 0 unspecified atom stereocenters. The number of hydrogen-bond donors (Lipinski definition) is 0. The van der Waals surface area contributed by atoms with Gasteiger partial charge in [-0.1, -0.05) is 151 Å². The van der Waals surface area contributed by atoms with Crippen molar-refractivity contribution in [2.45, 2.75) is 12.5 Å². The molecular formula is C39H30O. The summed E-state index contributed by atoms with van der Waals surface area (Å²) in [6, 6.07) is 51.2. The number of hydrogen-bond acceptors (Lipinski definition) is 1. The monoisotopic (exact) mass is 514 g/mol. The summed E-state index contributed by atoms with van der Waals surface area (Å²) in [5, 5.41) is 0. The van der Waals surface area contributed by atoms with E-state index in [0.717, 1.165) is 39.0 Å². The van der Waals surface area contributed by atoms with Crippen molar-refractivity contribution in [1.29, 1.82) is 0 Å². The molecule has 0 heterocycles. The second kappa shape index (κ2) is 13.1. The average Bonchev–Trinajstić information content (AvgIpc) is 3.04. The highest BCUT2D eigenvalue weighted by Gasteiger charge is 2.37. The molecule has 0 aliphatic rings. The van der Waals surface area contributed by atoms with Gasteiger partial charge in [-0.05, 0) is 47.9 Å². The third kappa shape index (κ3) is 6.31. The van der Waals surface area contributed by atoms with Gasteiger partial charge in [0.2, 0.25) is 0 Å². The van der Waals surface area contributed by atoms with E-state index in [4.69, 9.17) is 4.74 Å². The normalized spacial score (nSPS) is 11.3. The first-order valence-corrected chi connectivity index (χ1v) is 13.4. The lowest BCUT2D eigenvalue weighted by atomic mass is 9.80. The lowest BCUT2D eigenvalue weighted by molar-refractivity contribution is 0.0292. The zero-order chi connectivity index (χ0) is 27.5. The molecule has 0 spiro atoms. The first kappa shape index (κ1) is 26.5. The quantitative estimate of drug-likeness (QED) is 0.163. The van der Waals surface area contributed by atoms with Crippen molar-refractivity contribution in [3.8, 4) is 23.7 Å². The zero-order valence-corrected chi connectivity index (χ0v) is 22.5. The van der Waals surface area contributed by atoms with Crippen LogP contribution in [0, 0.1) is 23.7 Å². The maximum atomic E-state index is 7.08. The average molecular weight is 515 g/mol. The van der Waals surface area contributed by atoms with Crippen molar-refractivity contribution >= 4 is 0 Å². The molecule has 1 nitrogen and oxygen atoms in total. The SMILES string of the molecule is C/C(C#Cc1ccccc1)=C(\C#Cc1ccccc1)COC(c1ccccc1)(c1ccccc1)c1ccccc1. The highest BCUT2D eigenvalue weighted by atomic mass is 16.5. The highest BCUT2D eigenvalue weighted by molar-refractivity contribution is 5.51. The van der Waals surface area contributed by atoms with Crippen LogP contribution in [0.2, 0.25) is 0 Å². The van der Waals surface area contributed by atoms with Crippen molar-refractivity contribution in [3.05, 3.63) is 191 Å². The standard InChI is InChI=1S/C39H30O/c1-32(27-28-33-17-7-2-8-18-33)35(30-29-34-19-9-3-10-20-34)31-40-39(36-21-11-4-12-22-36,37-23-13-5-14-24-37)38-25-15-6-16-26-38/h2-26H,31H2,1H3/b35-32-. The van der Waals surface area contributed by atoms with E-state index < -0.39 is 5.60 Å². The van der Waals surface area contributed by atoms with Crippen LogP contribution in [0.15, 0.2) is 163 Å². The number of ether oxygens (including phenoxy) is 1. The Morgan fingerprint density at radius 1 is 0.500 bits per heavy atom. The van der Waals surface area contributed by atoms with E-state index in [2.05, 4.69) is 96.5 Å². The summed E-state index contributed by atoms with van der Waals surface area (Å²) in [4.78, 5) is 0. The van der Waals surface area contributed by atoms with Gasteiger partial charge in [0.05, 0.1) is 6.61 Å². The van der Waals surface area contributed by atoms with Gasteiger partial charge in [-0.25, -0.2) is 0 Å². The van der Waals surface area contributed by atoms with E-state index in [1.54, 1.807) is 0 Å². The van der Waals surface area contributed by atoms with E-state index in [-0.39, 0.29) is 6.61 Å². The van der Waals surface area contributed by atoms with Crippen LogP contribution in [0.4, 0.5) is 0 Å². The van der Waals surface area contributed by atoms with Gasteiger partial charge < -0.3 is 4.74 Å². The Morgan fingerprint density at radius 3 is 1.25 bits per heavy atom. The van der Waals surface area contributed by atoms with Crippen LogP contribution in [0.5, 0.6) is 0 Å². The molecule has 0 aliphatic heterocycles. The van der Waals surface area contributed by atoms with Crippen LogP contribution in [0.1, 0.15) is 34.7 Å². The first-order chi connectivity index (χ1) is 19.8. The Kier molecular flexibility index (Phi) is 8.70. The van der Waals surface area contributed by atoms with E-state index in [0.29, 0.717) is 0 Å². The Balaban J connectivity index is 1.62. The summed E-state index contributed by atoms with van der Waals surface area (Å²) >= 11 is 0. The lowest BCUT2D eigenvalue weighted by Gasteiger charge is -2.36. The molecule has 40 heavy (non-hydrogen) atoms. The van der Waals surface area contributed by atoms with Crippen LogP contribution in [0.3, 0.4) is 0 Å². The van der Waals surface area contributed by atoms with Crippen molar-refractivity contribution < 1.29 is 4.74 Å². The zero-order valence-electron chi connectivity index (χ0n) is 22.5. The van der Waals surface area contributed by atoms with Crippen LogP contribution < -0.4 is 0 Å². The topological polar surface area (TPSA) is 9.23 Å². The highest BCUT2D eigenvalue weighted by Crippen LogP contribution is 2.40. The maximum absolute atomic E-state index is 7.08. The Bertz CT molecular complexity index is 1570. The molecule has 0 N–H and O–H groups in total. The van der Waals surface area contributed by atoms with E-state index in [1.807, 2.05) is 85.8 Å². The summed E-state index contributed by atoms with van der Waals surface area (Å²) in [7, 11) is 0. The molecule has 5 aromatic carbocycles. The lowest BCUT2D eigenvalue weighted by Crippen LogP contribution is -2.33. The van der Waals surface area contributed by atoms with Gasteiger partial charge in [-0.2, -0.15) is 0 Å². The summed E-state index contributed by atoms with van der Waals surface area (Å²) in [6.45, 7) is 2.30. The van der Waals surface area contributed by atoms with E-state index in [1.165, 1.54) is 0 Å². The predicted molar refractivity (Wildman–Crippen MR) is 164 cm³/mol. The molecule has 0 amide bonds. The third-order valence-corrected chi connectivity index (χ3v) is 6.73. The molecule has 5 aromatic rings. The predicted octanol–water partition coefficient (Wildman–Crippen LogP) is 8.42. The van der Waals surface area contributed by atoms with Gasteiger partial charge in [0, 0.05) is 22.3 Å². The second-order valence-electron chi connectivity index (χ2n) is 9.40. The Hall–Kier alpha value is -5.08. The molecule has 1 heteroatoms. The molecule has 5 rings (SSSR count). The van der Waals surface area contributed by atoms with Gasteiger partial charge in [-0.3, -0.25) is 0 Å². The first-order valence-electron chi connectivity index (χ1n) is 13.4. The van der Waals surface area contributed by atoms with E-state index >= 15 is 0 Å². The van der Waals surface area contributed by atoms with Crippen LogP contribution in [-0.2, 0) is 10.3 Å². The van der Waals surface area contributed by atoms with Crippen LogP contribution in [0.25, 0.3) is 0 Å². The number of allylic oxidation sites excluding steroid dienone is 1. The fourth-order valence-electron chi connectivity index (χ4n) is 4.62. The molecular weight excluding hydrogens is 484 g/mol. The van der Waals surface area contributed by atoms with Gasteiger partial charge >= 0.3 is 0 Å². The fraction of sp³-hybridized carbons (Fsp3) is 0.0769. The molecule has 0 bridgehead atoms. The fourth-order valence-corrected chi connectivity index (χ4v) is 4.62. The summed E-state index contributed by atoms with van der Waals surface area (Å²) in [5.74, 6) is 13.3. The summed E-state index contributed by atoms with van der Waals surface area (Å²) in [5.41, 5.74) is 5.96. The Morgan fingerprint density at radius 2 is 0.850 bits per heavy atom. The molecule has 0 aliphatic carbocycles. The summed E-state index contributed by atoms with van der Waals surface area (Å²) in [6.07, 6.45) is 0. The van der Waals surface area contributed by atoms with Crippen molar-refractivity contribution in [2.24, 2.45) is 0 Å². The molecule has 0 radical (unpaired) electrons. The van der Waals surface area contributed by atoms with Crippen molar-refractivity contribution in [3.63, 3.8) is 0 Å². The minimum atomic E-state index is -0.837. The minimum Gasteiger partial charge on any atom is -0.355 e. The number of benzene rings is 5. The Labute approximate surface area is 237 Å². The molecule has 0 aromatic heterocycles. The van der Waals surface area contributed by atoms with Gasteiger partial charge in [0.15, 0.2) is 0 Å². The molecule has 0 saturated carbocycles. The van der Waals surface area contributed by atoms with Crippen LogP contribution in [-0.4, -0.2) is 6.61 Å². The van der Waals surface area contributed by atoms with Crippen molar-refractivity contribution in [2.75, 3.05) is 6.61 Å². The van der Waals surface area contributed by atoms with Gasteiger partial charge in [-0.15, -0.1) is 0 Å². The molecule has 192 valence electrons. The second-order valence-corrected chi connectivity index (χ2v) is 9.40. The smallest absolute Gasteiger partial charge is 0.144 e. The van der Waals surface area contributed by atoms with Gasteiger partial charge in [0.25, 0.3) is 0 Å². The molecule has 0 atom stereocenters.